The molecule has 2 unspecified atom stereocenters. The number of alkyl halides is 1. The highest BCUT2D eigenvalue weighted by molar-refractivity contribution is 7.89. The van der Waals surface area contributed by atoms with Crippen molar-refractivity contribution in [2.75, 3.05) is 13.2 Å². The van der Waals surface area contributed by atoms with Gasteiger partial charge >= 0.3 is 5.97 Å². The molecule has 1 aliphatic heterocycles. The summed E-state index contributed by atoms with van der Waals surface area (Å²) in [6, 6.07) is 0.785. The van der Waals surface area contributed by atoms with Crippen LogP contribution in [-0.2, 0) is 19.6 Å². The lowest BCUT2D eigenvalue weighted by Crippen LogP contribution is -2.51. The standard InChI is InChI=1S/C17H23FN2O5S/c1-10-7-11(2)15(12(3)8-10)26(24,25)20-6-4-5-14(20)16(21)19-13(9-18)17(22)23/h7-8,13-14H,4-6,9H2,1-3H3,(H,19,21)(H,22,23). The molecule has 0 aromatic heterocycles. The Kier molecular flexibility index (Phi) is 6.02. The molecule has 0 spiro atoms. The summed E-state index contributed by atoms with van der Waals surface area (Å²) < 4.78 is 40.1. The average molecular weight is 386 g/mol. The molecule has 0 radical (unpaired) electrons. The number of benzene rings is 1. The second-order valence-corrected chi connectivity index (χ2v) is 8.38. The number of rotatable bonds is 6. The molecule has 144 valence electrons. The Morgan fingerprint density at radius 3 is 2.38 bits per heavy atom. The molecule has 0 bridgehead atoms. The first-order valence-corrected chi connectivity index (χ1v) is 9.72. The number of aliphatic carboxylic acids is 1. The highest BCUT2D eigenvalue weighted by Gasteiger charge is 2.41. The number of hydrogen-bond acceptors (Lipinski definition) is 4. The molecule has 1 aromatic rings. The normalized spacial score (nSPS) is 19.3. The number of sulfonamides is 1. The van der Waals surface area contributed by atoms with E-state index in [9.17, 15) is 22.4 Å². The second kappa shape index (κ2) is 7.71. The van der Waals surface area contributed by atoms with Gasteiger partial charge in [0, 0.05) is 6.54 Å². The van der Waals surface area contributed by atoms with Gasteiger partial charge in [-0.05, 0) is 44.7 Å². The predicted molar refractivity (Wildman–Crippen MR) is 93.1 cm³/mol. The third-order valence-corrected chi connectivity index (χ3v) is 6.66. The van der Waals surface area contributed by atoms with Gasteiger partial charge in [-0.3, -0.25) is 4.79 Å². The van der Waals surface area contributed by atoms with E-state index in [0.29, 0.717) is 17.5 Å². The monoisotopic (exact) mass is 386 g/mol. The molecule has 2 rings (SSSR count). The van der Waals surface area contributed by atoms with Crippen LogP contribution in [0, 0.1) is 20.8 Å². The number of carbonyl (C=O) groups is 2. The minimum absolute atomic E-state index is 0.153. The molecule has 0 saturated carbocycles. The largest absolute Gasteiger partial charge is 0.480 e. The van der Waals surface area contributed by atoms with Crippen LogP contribution in [0.5, 0.6) is 0 Å². The summed E-state index contributed by atoms with van der Waals surface area (Å²) in [7, 11) is -3.94. The van der Waals surface area contributed by atoms with Crippen molar-refractivity contribution in [1.29, 1.82) is 0 Å². The van der Waals surface area contributed by atoms with Gasteiger partial charge in [0.05, 0.1) is 4.90 Å². The number of halogens is 1. The zero-order valence-corrected chi connectivity index (χ0v) is 15.8. The lowest BCUT2D eigenvalue weighted by Gasteiger charge is -2.26. The van der Waals surface area contributed by atoms with E-state index in [4.69, 9.17) is 5.11 Å². The first-order valence-electron chi connectivity index (χ1n) is 8.28. The van der Waals surface area contributed by atoms with Crippen molar-refractivity contribution >= 4 is 21.9 Å². The van der Waals surface area contributed by atoms with Crippen molar-refractivity contribution in [2.45, 2.75) is 50.6 Å². The highest BCUT2D eigenvalue weighted by atomic mass is 32.2. The molecule has 1 heterocycles. The fourth-order valence-electron chi connectivity index (χ4n) is 3.42. The SMILES string of the molecule is Cc1cc(C)c(S(=O)(=O)N2CCCC2C(=O)NC(CF)C(=O)O)c(C)c1. The topological polar surface area (TPSA) is 104 Å². The van der Waals surface area contributed by atoms with Crippen LogP contribution in [-0.4, -0.2) is 55.0 Å². The zero-order valence-electron chi connectivity index (χ0n) is 15.0. The van der Waals surface area contributed by atoms with Gasteiger partial charge in [-0.15, -0.1) is 0 Å². The van der Waals surface area contributed by atoms with Gasteiger partial charge in [0.1, 0.15) is 12.7 Å². The summed E-state index contributed by atoms with van der Waals surface area (Å²) >= 11 is 0. The van der Waals surface area contributed by atoms with Gasteiger partial charge < -0.3 is 10.4 Å². The van der Waals surface area contributed by atoms with E-state index in [1.807, 2.05) is 6.92 Å². The molecule has 7 nitrogen and oxygen atoms in total. The van der Waals surface area contributed by atoms with Crippen LogP contribution in [0.1, 0.15) is 29.5 Å². The van der Waals surface area contributed by atoms with Crippen molar-refractivity contribution in [1.82, 2.24) is 9.62 Å². The maximum absolute atomic E-state index is 13.1. The van der Waals surface area contributed by atoms with E-state index in [2.05, 4.69) is 5.32 Å². The van der Waals surface area contributed by atoms with E-state index >= 15 is 0 Å². The Balaban J connectivity index is 2.35. The third kappa shape index (κ3) is 3.88. The Morgan fingerprint density at radius 1 is 1.31 bits per heavy atom. The molecule has 26 heavy (non-hydrogen) atoms. The van der Waals surface area contributed by atoms with E-state index in [1.54, 1.807) is 26.0 Å². The van der Waals surface area contributed by atoms with Gasteiger partial charge in [-0.2, -0.15) is 4.31 Å². The Morgan fingerprint density at radius 2 is 1.88 bits per heavy atom. The van der Waals surface area contributed by atoms with Crippen LogP contribution in [0.3, 0.4) is 0 Å². The van der Waals surface area contributed by atoms with E-state index < -0.39 is 40.7 Å². The molecule has 9 heteroatoms. The molecular weight excluding hydrogens is 363 g/mol. The Bertz CT molecular complexity index is 801. The van der Waals surface area contributed by atoms with Crippen molar-refractivity contribution in [3.8, 4) is 0 Å². The number of aryl methyl sites for hydroxylation is 3. The quantitative estimate of drug-likeness (QED) is 0.767. The molecule has 2 atom stereocenters. The fraction of sp³-hybridized carbons (Fsp3) is 0.529. The molecule has 1 aliphatic rings. The lowest BCUT2D eigenvalue weighted by atomic mass is 10.1. The number of carboxylic acids is 1. The summed E-state index contributed by atoms with van der Waals surface area (Å²) in [6.07, 6.45) is 0.724. The van der Waals surface area contributed by atoms with Gasteiger partial charge in [0.25, 0.3) is 0 Å². The minimum atomic E-state index is -3.94. The predicted octanol–water partition coefficient (Wildman–Crippen LogP) is 1.30. The van der Waals surface area contributed by atoms with E-state index in [1.165, 1.54) is 0 Å². The maximum Gasteiger partial charge on any atom is 0.328 e. The third-order valence-electron chi connectivity index (χ3n) is 4.45. The van der Waals surface area contributed by atoms with Crippen LogP contribution in [0.2, 0.25) is 0 Å². The molecule has 1 saturated heterocycles. The average Bonchev–Trinajstić information content (AvgIpc) is 3.01. The summed E-state index contributed by atoms with van der Waals surface area (Å²) in [5, 5.41) is 11.0. The lowest BCUT2D eigenvalue weighted by molar-refractivity contribution is -0.142. The van der Waals surface area contributed by atoms with Gasteiger partial charge in [-0.1, -0.05) is 17.7 Å². The smallest absolute Gasteiger partial charge is 0.328 e. The van der Waals surface area contributed by atoms with Gasteiger partial charge in [-0.25, -0.2) is 17.6 Å². The molecule has 1 fully saturated rings. The molecular formula is C17H23FN2O5S. The minimum Gasteiger partial charge on any atom is -0.480 e. The maximum atomic E-state index is 13.1. The number of amides is 1. The second-order valence-electron chi connectivity index (χ2n) is 6.56. The van der Waals surface area contributed by atoms with Crippen molar-refractivity contribution < 1.29 is 27.5 Å². The molecule has 1 amide bonds. The Hall–Kier alpha value is -2.00. The Labute approximate surface area is 152 Å². The van der Waals surface area contributed by atoms with Crippen LogP contribution in [0.4, 0.5) is 4.39 Å². The van der Waals surface area contributed by atoms with Gasteiger partial charge in [0.15, 0.2) is 6.04 Å². The molecule has 2 N–H and O–H groups in total. The number of hydrogen-bond donors (Lipinski definition) is 2. The van der Waals surface area contributed by atoms with Crippen LogP contribution >= 0.6 is 0 Å². The van der Waals surface area contributed by atoms with Crippen LogP contribution in [0.15, 0.2) is 17.0 Å². The number of nitrogens with zero attached hydrogens (tertiary/aromatic N) is 1. The van der Waals surface area contributed by atoms with Crippen LogP contribution < -0.4 is 5.32 Å². The first-order chi connectivity index (χ1) is 12.1. The molecule has 1 aromatic carbocycles. The number of carbonyl (C=O) groups excluding carboxylic acids is 1. The zero-order chi connectivity index (χ0) is 19.6. The first kappa shape index (κ1) is 20.3. The molecule has 0 aliphatic carbocycles. The summed E-state index contributed by atoms with van der Waals surface area (Å²) in [5.41, 5.74) is 2.10. The van der Waals surface area contributed by atoms with Crippen molar-refractivity contribution in [3.63, 3.8) is 0 Å². The summed E-state index contributed by atoms with van der Waals surface area (Å²) in [5.74, 6) is -2.29. The van der Waals surface area contributed by atoms with Crippen LogP contribution in [0.25, 0.3) is 0 Å². The highest BCUT2D eigenvalue weighted by Crippen LogP contribution is 2.30. The van der Waals surface area contributed by atoms with E-state index in [0.717, 1.165) is 9.87 Å². The van der Waals surface area contributed by atoms with E-state index in [-0.39, 0.29) is 17.9 Å². The number of nitrogens with one attached hydrogen (secondary N) is 1. The van der Waals surface area contributed by atoms with Crippen molar-refractivity contribution in [3.05, 3.63) is 28.8 Å². The summed E-state index contributed by atoms with van der Waals surface area (Å²) in [4.78, 5) is 23.5. The van der Waals surface area contributed by atoms with Gasteiger partial charge in [0.2, 0.25) is 15.9 Å². The fourth-order valence-corrected chi connectivity index (χ4v) is 5.49. The number of carboxylic acid groups (broad SMARTS) is 1. The van der Waals surface area contributed by atoms with Crippen molar-refractivity contribution in [2.24, 2.45) is 0 Å². The summed E-state index contributed by atoms with van der Waals surface area (Å²) in [6.45, 7) is 4.14.